The van der Waals surface area contributed by atoms with Gasteiger partial charge in [0, 0.05) is 32.2 Å². The van der Waals surface area contributed by atoms with Crippen LogP contribution in [0.2, 0.25) is 0 Å². The molecule has 3 rings (SSSR count). The number of ether oxygens (including phenoxy) is 1. The van der Waals surface area contributed by atoms with Crippen LogP contribution in [0.5, 0.6) is 0 Å². The van der Waals surface area contributed by atoms with E-state index in [0.29, 0.717) is 31.7 Å². The minimum atomic E-state index is -0.238. The van der Waals surface area contributed by atoms with E-state index in [9.17, 15) is 4.79 Å². The van der Waals surface area contributed by atoms with E-state index >= 15 is 0 Å². The molecule has 0 atom stereocenters. The third-order valence-corrected chi connectivity index (χ3v) is 4.61. The number of carbonyl (C=O) groups excluding carboxylic acids is 1. The zero-order valence-corrected chi connectivity index (χ0v) is 14.3. The number of nitrogens with one attached hydrogen (secondary N) is 1. The van der Waals surface area contributed by atoms with E-state index in [0.717, 1.165) is 18.9 Å². The van der Waals surface area contributed by atoms with Crippen LogP contribution in [0.15, 0.2) is 6.20 Å². The summed E-state index contributed by atoms with van der Waals surface area (Å²) < 4.78 is 5.05. The molecule has 132 valence electrons. The molecule has 1 saturated carbocycles. The van der Waals surface area contributed by atoms with Crippen molar-refractivity contribution >= 4 is 17.9 Å². The molecule has 1 aliphatic heterocycles. The summed E-state index contributed by atoms with van der Waals surface area (Å²) in [5.74, 6) is 1.42. The Morgan fingerprint density at radius 2 is 2.00 bits per heavy atom. The van der Waals surface area contributed by atoms with E-state index < -0.39 is 0 Å². The van der Waals surface area contributed by atoms with E-state index in [4.69, 9.17) is 4.74 Å². The van der Waals surface area contributed by atoms with E-state index in [1.165, 1.54) is 32.1 Å². The molecule has 0 radical (unpaired) electrons. The van der Waals surface area contributed by atoms with Crippen molar-refractivity contribution in [3.05, 3.63) is 6.20 Å². The molecule has 2 aliphatic rings. The fourth-order valence-corrected chi connectivity index (χ4v) is 3.27. The molecule has 2 fully saturated rings. The zero-order chi connectivity index (χ0) is 16.8. The normalized spacial score (nSPS) is 19.2. The summed E-state index contributed by atoms with van der Waals surface area (Å²) in [7, 11) is 0. The molecular weight excluding hydrogens is 308 g/mol. The van der Waals surface area contributed by atoms with Crippen LogP contribution in [0.4, 0.5) is 16.6 Å². The van der Waals surface area contributed by atoms with Crippen molar-refractivity contribution < 1.29 is 9.53 Å². The highest BCUT2D eigenvalue weighted by molar-refractivity contribution is 5.68. The maximum absolute atomic E-state index is 11.8. The van der Waals surface area contributed by atoms with Crippen LogP contribution in [-0.4, -0.2) is 65.0 Å². The smallest absolute Gasteiger partial charge is 0.409 e. The third-order valence-electron chi connectivity index (χ3n) is 4.61. The second-order valence-corrected chi connectivity index (χ2v) is 6.29. The molecule has 1 saturated heterocycles. The van der Waals surface area contributed by atoms with Crippen LogP contribution in [0.3, 0.4) is 0 Å². The maximum atomic E-state index is 11.8. The van der Waals surface area contributed by atoms with Gasteiger partial charge in [-0.25, -0.2) is 4.79 Å². The Balaban J connectivity index is 1.55. The van der Waals surface area contributed by atoms with Crippen LogP contribution in [0, 0.1) is 0 Å². The van der Waals surface area contributed by atoms with Crippen molar-refractivity contribution in [3.63, 3.8) is 0 Å². The Bertz CT molecular complexity index is 541. The van der Waals surface area contributed by atoms with Gasteiger partial charge in [-0.3, -0.25) is 0 Å². The molecule has 0 spiro atoms. The zero-order valence-electron chi connectivity index (χ0n) is 14.3. The van der Waals surface area contributed by atoms with Gasteiger partial charge in [0.05, 0.1) is 12.8 Å². The first kappa shape index (κ1) is 16.7. The molecule has 1 amide bonds. The van der Waals surface area contributed by atoms with Crippen LogP contribution >= 0.6 is 0 Å². The van der Waals surface area contributed by atoms with Gasteiger partial charge < -0.3 is 19.9 Å². The summed E-state index contributed by atoms with van der Waals surface area (Å²) in [6.07, 6.45) is 7.64. The highest BCUT2D eigenvalue weighted by Crippen LogP contribution is 2.21. The lowest BCUT2D eigenvalue weighted by Crippen LogP contribution is -2.49. The van der Waals surface area contributed by atoms with E-state index in [1.54, 1.807) is 11.1 Å². The number of hydrogen-bond donors (Lipinski definition) is 1. The molecule has 0 unspecified atom stereocenters. The lowest BCUT2D eigenvalue weighted by molar-refractivity contribution is 0.105. The first-order valence-corrected chi connectivity index (χ1v) is 8.89. The second kappa shape index (κ2) is 8.12. The summed E-state index contributed by atoms with van der Waals surface area (Å²) in [6.45, 7) is 4.94. The lowest BCUT2D eigenvalue weighted by Gasteiger charge is -2.34. The van der Waals surface area contributed by atoms with Gasteiger partial charge in [-0.2, -0.15) is 10.1 Å². The molecule has 2 heterocycles. The van der Waals surface area contributed by atoms with Gasteiger partial charge in [-0.15, -0.1) is 5.10 Å². The largest absolute Gasteiger partial charge is 0.450 e. The van der Waals surface area contributed by atoms with Crippen molar-refractivity contribution in [2.75, 3.05) is 43.0 Å². The molecule has 8 nitrogen and oxygen atoms in total. The minimum absolute atomic E-state index is 0.238. The molecule has 8 heteroatoms. The molecule has 1 aliphatic carbocycles. The van der Waals surface area contributed by atoms with Crippen molar-refractivity contribution in [3.8, 4) is 0 Å². The predicted molar refractivity (Wildman–Crippen MR) is 91.1 cm³/mol. The fourth-order valence-electron chi connectivity index (χ4n) is 3.27. The molecule has 1 aromatic rings. The summed E-state index contributed by atoms with van der Waals surface area (Å²) >= 11 is 0. The van der Waals surface area contributed by atoms with Crippen LogP contribution in [0.25, 0.3) is 0 Å². The SMILES string of the molecule is CCOC(=O)N1CCN(c2cnnc(NC3CCCCC3)n2)CC1. The number of carbonyl (C=O) groups is 1. The molecule has 24 heavy (non-hydrogen) atoms. The first-order valence-electron chi connectivity index (χ1n) is 8.89. The average Bonchev–Trinajstić information content (AvgIpc) is 2.63. The number of rotatable bonds is 4. The van der Waals surface area contributed by atoms with Crippen LogP contribution < -0.4 is 10.2 Å². The Hall–Kier alpha value is -2.12. The summed E-state index contributed by atoms with van der Waals surface area (Å²) in [5.41, 5.74) is 0. The number of amides is 1. The van der Waals surface area contributed by atoms with E-state index in [-0.39, 0.29) is 6.09 Å². The highest BCUT2D eigenvalue weighted by atomic mass is 16.6. The Labute approximate surface area is 142 Å². The van der Waals surface area contributed by atoms with E-state index in [1.807, 2.05) is 6.92 Å². The van der Waals surface area contributed by atoms with Gasteiger partial charge in [0.2, 0.25) is 5.95 Å². The third kappa shape index (κ3) is 4.24. The number of nitrogens with zero attached hydrogens (tertiary/aromatic N) is 5. The van der Waals surface area contributed by atoms with Crippen molar-refractivity contribution in [2.45, 2.75) is 45.1 Å². The minimum Gasteiger partial charge on any atom is -0.450 e. The standard InChI is InChI=1S/C16H26N6O2/c1-2-24-16(23)22-10-8-21(9-11-22)14-12-17-20-15(19-14)18-13-6-4-3-5-7-13/h12-13H,2-11H2,1H3,(H,18,19,20). The highest BCUT2D eigenvalue weighted by Gasteiger charge is 2.23. The first-order chi connectivity index (χ1) is 11.8. The molecule has 0 bridgehead atoms. The van der Waals surface area contributed by atoms with Crippen LogP contribution in [-0.2, 0) is 4.74 Å². The Kier molecular flexibility index (Phi) is 5.66. The second-order valence-electron chi connectivity index (χ2n) is 6.29. The number of hydrogen-bond acceptors (Lipinski definition) is 7. The average molecular weight is 334 g/mol. The summed E-state index contributed by atoms with van der Waals surface area (Å²) in [4.78, 5) is 20.2. The number of aromatic nitrogens is 3. The topological polar surface area (TPSA) is 83.5 Å². The molecular formula is C16H26N6O2. The van der Waals surface area contributed by atoms with Gasteiger partial charge in [0.25, 0.3) is 0 Å². The van der Waals surface area contributed by atoms with Crippen molar-refractivity contribution in [1.29, 1.82) is 0 Å². The predicted octanol–water partition coefficient (Wildman–Crippen LogP) is 1.89. The van der Waals surface area contributed by atoms with E-state index in [2.05, 4.69) is 25.4 Å². The maximum Gasteiger partial charge on any atom is 0.409 e. The molecule has 0 aromatic carbocycles. The summed E-state index contributed by atoms with van der Waals surface area (Å²) in [6, 6.07) is 0.455. The van der Waals surface area contributed by atoms with Gasteiger partial charge in [-0.1, -0.05) is 19.3 Å². The monoisotopic (exact) mass is 334 g/mol. The van der Waals surface area contributed by atoms with Gasteiger partial charge >= 0.3 is 6.09 Å². The molecule has 1 aromatic heterocycles. The molecule has 1 N–H and O–H groups in total. The number of piperazine rings is 1. The van der Waals surface area contributed by atoms with Crippen molar-refractivity contribution in [1.82, 2.24) is 20.1 Å². The Morgan fingerprint density at radius 1 is 1.25 bits per heavy atom. The number of anilines is 2. The summed E-state index contributed by atoms with van der Waals surface area (Å²) in [5, 5.41) is 11.6. The van der Waals surface area contributed by atoms with Gasteiger partial charge in [0.1, 0.15) is 0 Å². The quantitative estimate of drug-likeness (QED) is 0.900. The van der Waals surface area contributed by atoms with Gasteiger partial charge in [-0.05, 0) is 19.8 Å². The Morgan fingerprint density at radius 3 is 2.71 bits per heavy atom. The van der Waals surface area contributed by atoms with Crippen molar-refractivity contribution in [2.24, 2.45) is 0 Å². The van der Waals surface area contributed by atoms with Crippen LogP contribution in [0.1, 0.15) is 39.0 Å². The fraction of sp³-hybridized carbons (Fsp3) is 0.750. The van der Waals surface area contributed by atoms with Gasteiger partial charge in [0.15, 0.2) is 5.82 Å². The lowest BCUT2D eigenvalue weighted by atomic mass is 9.96.